The van der Waals surface area contributed by atoms with E-state index in [0.717, 1.165) is 6.42 Å². The lowest BCUT2D eigenvalue weighted by atomic mass is 10.0. The molecule has 0 spiro atoms. The van der Waals surface area contributed by atoms with Gasteiger partial charge in [0.2, 0.25) is 5.91 Å². The summed E-state index contributed by atoms with van der Waals surface area (Å²) in [6.07, 6.45) is 9.12. The molecule has 0 aliphatic heterocycles. The molecule has 102 valence electrons. The predicted octanol–water partition coefficient (Wildman–Crippen LogP) is 2.69. The summed E-state index contributed by atoms with van der Waals surface area (Å²) in [5.41, 5.74) is 0.518. The molecular formula is C14H18N2O3. The number of aromatic nitrogens is 1. The molecule has 19 heavy (non-hydrogen) atoms. The predicted molar refractivity (Wildman–Crippen MR) is 71.0 cm³/mol. The zero-order chi connectivity index (χ0) is 13.7. The van der Waals surface area contributed by atoms with Gasteiger partial charge in [-0.05, 0) is 18.4 Å². The number of carboxylic acid groups (broad SMARTS) is 1. The van der Waals surface area contributed by atoms with Gasteiger partial charge < -0.3 is 10.4 Å². The monoisotopic (exact) mass is 262 g/mol. The second kappa shape index (κ2) is 6.31. The smallest absolute Gasteiger partial charge is 0.337 e. The average molecular weight is 262 g/mol. The van der Waals surface area contributed by atoms with Crippen molar-refractivity contribution in [3.05, 3.63) is 24.0 Å². The molecule has 0 radical (unpaired) electrons. The Morgan fingerprint density at radius 2 is 2.05 bits per heavy atom. The van der Waals surface area contributed by atoms with Crippen LogP contribution >= 0.6 is 0 Å². The molecule has 0 bridgehead atoms. The summed E-state index contributed by atoms with van der Waals surface area (Å²) in [5, 5.41) is 11.5. The highest BCUT2D eigenvalue weighted by Gasteiger charge is 2.16. The van der Waals surface area contributed by atoms with Crippen LogP contribution in [0.5, 0.6) is 0 Å². The summed E-state index contributed by atoms with van der Waals surface area (Å²) in [6, 6.07) is 1.42. The van der Waals surface area contributed by atoms with Crippen molar-refractivity contribution in [2.75, 3.05) is 5.32 Å². The Hall–Kier alpha value is -1.91. The Bertz CT molecular complexity index is 468. The van der Waals surface area contributed by atoms with Crippen molar-refractivity contribution < 1.29 is 14.7 Å². The zero-order valence-corrected chi connectivity index (χ0v) is 10.8. The van der Waals surface area contributed by atoms with Crippen LogP contribution in [0.2, 0.25) is 0 Å². The number of nitrogens with zero attached hydrogens (tertiary/aromatic N) is 1. The number of hydrogen-bond donors (Lipinski definition) is 2. The number of anilines is 1. The Balaban J connectivity index is 1.84. The summed E-state index contributed by atoms with van der Waals surface area (Å²) in [7, 11) is 0. The molecule has 1 fully saturated rings. The lowest BCUT2D eigenvalue weighted by molar-refractivity contribution is -0.116. The molecule has 1 saturated carbocycles. The molecular weight excluding hydrogens is 244 g/mol. The number of amides is 1. The molecule has 0 aromatic carbocycles. The number of aromatic carboxylic acids is 1. The molecule has 0 saturated heterocycles. The van der Waals surface area contributed by atoms with Crippen molar-refractivity contribution in [2.24, 2.45) is 5.92 Å². The van der Waals surface area contributed by atoms with Crippen molar-refractivity contribution >= 4 is 17.6 Å². The zero-order valence-electron chi connectivity index (χ0n) is 10.8. The van der Waals surface area contributed by atoms with E-state index in [1.54, 1.807) is 0 Å². The van der Waals surface area contributed by atoms with Crippen LogP contribution in [-0.4, -0.2) is 22.0 Å². The Morgan fingerprint density at radius 1 is 1.32 bits per heavy atom. The van der Waals surface area contributed by atoms with E-state index in [1.807, 2.05) is 0 Å². The van der Waals surface area contributed by atoms with Gasteiger partial charge in [-0.15, -0.1) is 0 Å². The lowest BCUT2D eigenvalue weighted by Crippen LogP contribution is -2.13. The number of carbonyl (C=O) groups excluding carboxylic acids is 1. The van der Waals surface area contributed by atoms with E-state index in [4.69, 9.17) is 5.11 Å². The maximum atomic E-state index is 11.8. The van der Waals surface area contributed by atoms with Crippen LogP contribution in [0.3, 0.4) is 0 Å². The number of nitrogens with one attached hydrogen (secondary N) is 1. The van der Waals surface area contributed by atoms with Crippen LogP contribution in [0.15, 0.2) is 18.5 Å². The van der Waals surface area contributed by atoms with Gasteiger partial charge in [-0.2, -0.15) is 0 Å². The second-order valence-electron chi connectivity index (χ2n) is 5.00. The third-order valence-corrected chi connectivity index (χ3v) is 3.52. The highest BCUT2D eigenvalue weighted by atomic mass is 16.4. The lowest BCUT2D eigenvalue weighted by Gasteiger charge is -2.09. The average Bonchev–Trinajstić information content (AvgIpc) is 2.90. The third-order valence-electron chi connectivity index (χ3n) is 3.52. The van der Waals surface area contributed by atoms with Gasteiger partial charge in [0.1, 0.15) is 0 Å². The van der Waals surface area contributed by atoms with E-state index in [2.05, 4.69) is 10.3 Å². The number of pyridine rings is 1. The molecule has 2 N–H and O–H groups in total. The van der Waals surface area contributed by atoms with Crippen LogP contribution < -0.4 is 5.32 Å². The molecule has 0 atom stereocenters. The topological polar surface area (TPSA) is 79.3 Å². The fraction of sp³-hybridized carbons (Fsp3) is 0.500. The first-order valence-corrected chi connectivity index (χ1v) is 6.63. The van der Waals surface area contributed by atoms with Crippen LogP contribution in [0.1, 0.15) is 48.9 Å². The van der Waals surface area contributed by atoms with Crippen LogP contribution in [-0.2, 0) is 4.79 Å². The minimum Gasteiger partial charge on any atom is -0.478 e. The van der Waals surface area contributed by atoms with Gasteiger partial charge in [0.25, 0.3) is 0 Å². The first-order chi connectivity index (χ1) is 9.15. The summed E-state index contributed by atoms with van der Waals surface area (Å²) < 4.78 is 0. The normalized spacial score (nSPS) is 15.4. The number of carbonyl (C=O) groups is 2. The molecule has 1 aromatic rings. The SMILES string of the molecule is O=C(CCC1CCCC1)Nc1cncc(C(=O)O)c1. The summed E-state index contributed by atoms with van der Waals surface area (Å²) in [5.74, 6) is -0.444. The molecule has 1 heterocycles. The van der Waals surface area contributed by atoms with Gasteiger partial charge in [0, 0.05) is 12.6 Å². The van der Waals surface area contributed by atoms with Gasteiger partial charge in [0.05, 0.1) is 17.4 Å². The van der Waals surface area contributed by atoms with Crippen LogP contribution in [0.25, 0.3) is 0 Å². The van der Waals surface area contributed by atoms with E-state index in [-0.39, 0.29) is 11.5 Å². The van der Waals surface area contributed by atoms with Crippen molar-refractivity contribution in [1.29, 1.82) is 0 Å². The number of hydrogen-bond acceptors (Lipinski definition) is 3. The molecule has 1 amide bonds. The van der Waals surface area contributed by atoms with Crippen LogP contribution in [0, 0.1) is 5.92 Å². The summed E-state index contributed by atoms with van der Waals surface area (Å²) >= 11 is 0. The van der Waals surface area contributed by atoms with Crippen molar-refractivity contribution in [3.63, 3.8) is 0 Å². The Labute approximate surface area is 112 Å². The molecule has 0 unspecified atom stereocenters. The maximum absolute atomic E-state index is 11.8. The quantitative estimate of drug-likeness (QED) is 0.855. The van der Waals surface area contributed by atoms with E-state index < -0.39 is 5.97 Å². The fourth-order valence-electron chi connectivity index (χ4n) is 2.48. The van der Waals surface area contributed by atoms with Crippen molar-refractivity contribution in [3.8, 4) is 0 Å². The molecule has 1 aliphatic carbocycles. The Kier molecular flexibility index (Phi) is 4.49. The van der Waals surface area contributed by atoms with Gasteiger partial charge in [-0.1, -0.05) is 25.7 Å². The molecule has 1 aromatic heterocycles. The van der Waals surface area contributed by atoms with Gasteiger partial charge in [-0.3, -0.25) is 9.78 Å². The molecule has 5 nitrogen and oxygen atoms in total. The number of rotatable bonds is 5. The van der Waals surface area contributed by atoms with Gasteiger partial charge in [0.15, 0.2) is 0 Å². The maximum Gasteiger partial charge on any atom is 0.337 e. The van der Waals surface area contributed by atoms with E-state index in [0.29, 0.717) is 18.0 Å². The first-order valence-electron chi connectivity index (χ1n) is 6.63. The minimum atomic E-state index is -1.05. The van der Waals surface area contributed by atoms with Crippen molar-refractivity contribution in [2.45, 2.75) is 38.5 Å². The highest BCUT2D eigenvalue weighted by Crippen LogP contribution is 2.28. The summed E-state index contributed by atoms with van der Waals surface area (Å²) in [6.45, 7) is 0. The van der Waals surface area contributed by atoms with Gasteiger partial charge in [-0.25, -0.2) is 4.79 Å². The first kappa shape index (κ1) is 13.5. The van der Waals surface area contributed by atoms with Gasteiger partial charge >= 0.3 is 5.97 Å². The van der Waals surface area contributed by atoms with E-state index in [1.165, 1.54) is 44.1 Å². The molecule has 1 aliphatic rings. The van der Waals surface area contributed by atoms with E-state index in [9.17, 15) is 9.59 Å². The number of carboxylic acids is 1. The van der Waals surface area contributed by atoms with Crippen LogP contribution in [0.4, 0.5) is 5.69 Å². The minimum absolute atomic E-state index is 0.0729. The Morgan fingerprint density at radius 3 is 2.74 bits per heavy atom. The standard InChI is InChI=1S/C14H18N2O3/c17-13(6-5-10-3-1-2-4-10)16-12-7-11(14(18)19)8-15-9-12/h7-10H,1-6H2,(H,16,17)(H,18,19). The molecule has 2 rings (SSSR count). The second-order valence-corrected chi connectivity index (χ2v) is 5.00. The largest absolute Gasteiger partial charge is 0.478 e. The summed E-state index contributed by atoms with van der Waals surface area (Å²) in [4.78, 5) is 26.4. The molecule has 5 heteroatoms. The highest BCUT2D eigenvalue weighted by molar-refractivity contribution is 5.93. The van der Waals surface area contributed by atoms with Crippen molar-refractivity contribution in [1.82, 2.24) is 4.98 Å². The third kappa shape index (κ3) is 4.05. The fourth-order valence-corrected chi connectivity index (χ4v) is 2.48. The van der Waals surface area contributed by atoms with E-state index >= 15 is 0 Å².